The van der Waals surface area contributed by atoms with Crippen LogP contribution >= 0.6 is 0 Å². The third-order valence-corrected chi connectivity index (χ3v) is 8.33. The average Bonchev–Trinajstić information content (AvgIpc) is 3.17. The van der Waals surface area contributed by atoms with Crippen LogP contribution in [0, 0.1) is 5.92 Å². The van der Waals surface area contributed by atoms with Gasteiger partial charge in [-0.2, -0.15) is 0 Å². The number of benzene rings is 1. The molecule has 28 heavy (non-hydrogen) atoms. The molecule has 0 spiro atoms. The Hall–Kier alpha value is -1.44. The summed E-state index contributed by atoms with van der Waals surface area (Å²) in [5.74, 6) is 0.00722. The van der Waals surface area contributed by atoms with Crippen LogP contribution in [0.4, 0.5) is 0 Å². The van der Waals surface area contributed by atoms with Gasteiger partial charge in [-0.05, 0) is 45.3 Å². The summed E-state index contributed by atoms with van der Waals surface area (Å²) in [5.41, 5.74) is 0.878. The van der Waals surface area contributed by atoms with Gasteiger partial charge in [0, 0.05) is 31.1 Å². The van der Waals surface area contributed by atoms with Crippen LogP contribution in [0.15, 0.2) is 30.3 Å². The highest BCUT2D eigenvalue weighted by molar-refractivity contribution is 7.88. The monoisotopic (exact) mass is 407 g/mol. The number of hydrogen-bond acceptors (Lipinski definition) is 4. The Morgan fingerprint density at radius 1 is 1.14 bits per heavy atom. The number of hydrogen-bond donors (Lipinski definition) is 1. The van der Waals surface area contributed by atoms with Crippen molar-refractivity contribution in [3.8, 4) is 0 Å². The molecule has 0 aromatic heterocycles. The molecule has 0 bridgehead atoms. The molecule has 0 radical (unpaired) electrons. The van der Waals surface area contributed by atoms with E-state index in [1.807, 2.05) is 30.3 Å². The lowest BCUT2D eigenvalue weighted by atomic mass is 9.94. The van der Waals surface area contributed by atoms with Crippen molar-refractivity contribution in [3.63, 3.8) is 0 Å². The van der Waals surface area contributed by atoms with E-state index in [4.69, 9.17) is 0 Å². The molecule has 7 heteroatoms. The Morgan fingerprint density at radius 2 is 1.75 bits per heavy atom. The zero-order chi connectivity index (χ0) is 20.2. The lowest BCUT2D eigenvalue weighted by molar-refractivity contribution is -0.126. The standard InChI is InChI=1S/C21H33N3O3S/c1-23(2)21(12-6-7-13-21)17-22-20(25)19-10-14-24(15-11-19)28(26,27)16-18-8-4-3-5-9-18/h3-5,8-9,19H,6-7,10-17H2,1-2H3,(H,22,25). The maximum Gasteiger partial charge on any atom is 0.223 e. The number of nitrogens with zero attached hydrogens (tertiary/aromatic N) is 2. The van der Waals surface area contributed by atoms with Gasteiger partial charge in [0.05, 0.1) is 5.75 Å². The van der Waals surface area contributed by atoms with Gasteiger partial charge in [0.2, 0.25) is 15.9 Å². The lowest BCUT2D eigenvalue weighted by Crippen LogP contribution is -2.52. The van der Waals surface area contributed by atoms with Crippen LogP contribution < -0.4 is 5.32 Å². The van der Waals surface area contributed by atoms with Gasteiger partial charge in [-0.1, -0.05) is 43.2 Å². The van der Waals surface area contributed by atoms with Crippen molar-refractivity contribution >= 4 is 15.9 Å². The molecular formula is C21H33N3O3S. The number of nitrogens with one attached hydrogen (secondary N) is 1. The molecule has 1 saturated carbocycles. The summed E-state index contributed by atoms with van der Waals surface area (Å²) >= 11 is 0. The average molecular weight is 408 g/mol. The van der Waals surface area contributed by atoms with Crippen LogP contribution in [0.25, 0.3) is 0 Å². The van der Waals surface area contributed by atoms with Crippen molar-refractivity contribution in [2.45, 2.75) is 49.8 Å². The Balaban J connectivity index is 1.50. The molecule has 1 amide bonds. The molecule has 0 atom stereocenters. The normalized spacial score (nSPS) is 21.1. The van der Waals surface area contributed by atoms with Crippen LogP contribution in [-0.2, 0) is 20.6 Å². The van der Waals surface area contributed by atoms with E-state index in [2.05, 4.69) is 24.3 Å². The predicted molar refractivity (Wildman–Crippen MR) is 111 cm³/mol. The zero-order valence-corrected chi connectivity index (χ0v) is 17.9. The summed E-state index contributed by atoms with van der Waals surface area (Å²) in [6, 6.07) is 9.26. The Kier molecular flexibility index (Phi) is 6.78. The van der Waals surface area contributed by atoms with Gasteiger partial charge in [-0.15, -0.1) is 0 Å². The summed E-state index contributed by atoms with van der Waals surface area (Å²) in [6.07, 6.45) is 5.86. The zero-order valence-electron chi connectivity index (χ0n) is 17.1. The SMILES string of the molecule is CN(C)C1(CNC(=O)C2CCN(S(=O)(=O)Cc3ccccc3)CC2)CCCC1. The number of carbonyl (C=O) groups excluding carboxylic acids is 1. The second kappa shape index (κ2) is 8.93. The number of sulfonamides is 1. The molecule has 1 aliphatic carbocycles. The van der Waals surface area contributed by atoms with Gasteiger partial charge in [0.1, 0.15) is 0 Å². The molecule has 1 aromatic carbocycles. The maximum absolute atomic E-state index is 12.7. The first-order valence-electron chi connectivity index (χ1n) is 10.3. The van der Waals surface area contributed by atoms with E-state index in [0.29, 0.717) is 32.5 Å². The molecule has 1 aromatic rings. The minimum atomic E-state index is -3.34. The van der Waals surface area contributed by atoms with Crippen molar-refractivity contribution in [1.29, 1.82) is 0 Å². The topological polar surface area (TPSA) is 69.7 Å². The fourth-order valence-corrected chi connectivity index (χ4v) is 6.05. The minimum Gasteiger partial charge on any atom is -0.354 e. The number of carbonyl (C=O) groups is 1. The molecule has 1 saturated heterocycles. The molecular weight excluding hydrogens is 374 g/mol. The van der Waals surface area contributed by atoms with Crippen LogP contribution in [0.1, 0.15) is 44.1 Å². The lowest BCUT2D eigenvalue weighted by Gasteiger charge is -2.37. The Bertz CT molecular complexity index is 750. The largest absolute Gasteiger partial charge is 0.354 e. The van der Waals surface area contributed by atoms with Crippen molar-refractivity contribution in [3.05, 3.63) is 35.9 Å². The van der Waals surface area contributed by atoms with E-state index in [0.717, 1.165) is 18.4 Å². The molecule has 156 valence electrons. The fourth-order valence-electron chi connectivity index (χ4n) is 4.48. The van der Waals surface area contributed by atoms with Gasteiger partial charge in [-0.3, -0.25) is 4.79 Å². The van der Waals surface area contributed by atoms with Gasteiger partial charge in [-0.25, -0.2) is 12.7 Å². The second-order valence-corrected chi connectivity index (χ2v) is 10.4. The van der Waals surface area contributed by atoms with Crippen molar-refractivity contribution in [1.82, 2.24) is 14.5 Å². The maximum atomic E-state index is 12.7. The Labute approximate surface area is 169 Å². The van der Waals surface area contributed by atoms with Crippen molar-refractivity contribution in [2.24, 2.45) is 5.92 Å². The van der Waals surface area contributed by atoms with E-state index in [9.17, 15) is 13.2 Å². The Morgan fingerprint density at radius 3 is 2.32 bits per heavy atom. The van der Waals surface area contributed by atoms with E-state index in [1.54, 1.807) is 4.31 Å². The summed E-state index contributed by atoms with van der Waals surface area (Å²) in [7, 11) is 0.845. The molecule has 0 unspecified atom stereocenters. The first-order chi connectivity index (χ1) is 13.3. The minimum absolute atomic E-state index is 0.0239. The third-order valence-electron chi connectivity index (χ3n) is 6.48. The number of amides is 1. The number of rotatable bonds is 7. The molecule has 2 aliphatic rings. The number of piperidine rings is 1. The van der Waals surface area contributed by atoms with E-state index in [-0.39, 0.29) is 23.1 Å². The van der Waals surface area contributed by atoms with E-state index < -0.39 is 10.0 Å². The molecule has 1 N–H and O–H groups in total. The van der Waals surface area contributed by atoms with Crippen molar-refractivity contribution < 1.29 is 13.2 Å². The van der Waals surface area contributed by atoms with Gasteiger partial charge in [0.25, 0.3) is 0 Å². The van der Waals surface area contributed by atoms with Crippen molar-refractivity contribution in [2.75, 3.05) is 33.7 Å². The quantitative estimate of drug-likeness (QED) is 0.752. The molecule has 6 nitrogen and oxygen atoms in total. The smallest absolute Gasteiger partial charge is 0.223 e. The van der Waals surface area contributed by atoms with Gasteiger partial charge >= 0.3 is 0 Å². The van der Waals surface area contributed by atoms with Crippen LogP contribution in [0.2, 0.25) is 0 Å². The van der Waals surface area contributed by atoms with Crippen LogP contribution in [0.3, 0.4) is 0 Å². The third kappa shape index (κ3) is 4.93. The van der Waals surface area contributed by atoms with Gasteiger partial charge < -0.3 is 10.2 Å². The van der Waals surface area contributed by atoms with Crippen LogP contribution in [-0.4, -0.2) is 62.8 Å². The molecule has 1 heterocycles. The molecule has 2 fully saturated rings. The summed E-state index contributed by atoms with van der Waals surface area (Å²) in [4.78, 5) is 14.9. The molecule has 1 aliphatic heterocycles. The predicted octanol–water partition coefficient (Wildman–Crippen LogP) is 2.22. The van der Waals surface area contributed by atoms with E-state index >= 15 is 0 Å². The summed E-state index contributed by atoms with van der Waals surface area (Å²) < 4.78 is 26.9. The van der Waals surface area contributed by atoms with Crippen LogP contribution in [0.5, 0.6) is 0 Å². The van der Waals surface area contributed by atoms with Gasteiger partial charge in [0.15, 0.2) is 0 Å². The summed E-state index contributed by atoms with van der Waals surface area (Å²) in [6.45, 7) is 1.53. The number of likely N-dealkylation sites (N-methyl/N-ethyl adjacent to an activating group) is 1. The first-order valence-corrected chi connectivity index (χ1v) is 11.9. The summed E-state index contributed by atoms with van der Waals surface area (Å²) in [5, 5.41) is 3.16. The van der Waals surface area contributed by atoms with E-state index in [1.165, 1.54) is 12.8 Å². The highest BCUT2D eigenvalue weighted by Gasteiger charge is 2.37. The second-order valence-electron chi connectivity index (χ2n) is 8.46. The molecule has 3 rings (SSSR count). The highest BCUT2D eigenvalue weighted by Crippen LogP contribution is 2.33. The first kappa shape index (κ1) is 21.3. The highest BCUT2D eigenvalue weighted by atomic mass is 32.2. The fraction of sp³-hybridized carbons (Fsp3) is 0.667.